The topological polar surface area (TPSA) is 53.6 Å². The molecule has 19 heavy (non-hydrogen) atoms. The molecule has 4 nitrogen and oxygen atoms in total. The van der Waals surface area contributed by atoms with Crippen molar-refractivity contribution in [1.82, 2.24) is 15.0 Å². The predicted molar refractivity (Wildman–Crippen MR) is 77.1 cm³/mol. The van der Waals surface area contributed by atoms with E-state index in [4.69, 9.17) is 0 Å². The molecule has 96 valence electrons. The van der Waals surface area contributed by atoms with Gasteiger partial charge in [-0.3, -0.25) is 0 Å². The highest BCUT2D eigenvalue weighted by Gasteiger charge is 2.01. The largest absolute Gasteiger partial charge is 0.370 e. The Morgan fingerprint density at radius 3 is 2.89 bits per heavy atom. The van der Waals surface area contributed by atoms with Crippen LogP contribution in [0.4, 0.5) is 5.82 Å². The van der Waals surface area contributed by atoms with Gasteiger partial charge in [0.2, 0.25) is 0 Å². The maximum Gasteiger partial charge on any atom is 0.133 e. The number of nitrogens with zero attached hydrogens (tertiary/aromatic N) is 2. The third-order valence-electron chi connectivity index (χ3n) is 3.11. The van der Waals surface area contributed by atoms with Gasteiger partial charge in [-0.25, -0.2) is 9.97 Å². The highest BCUT2D eigenvalue weighted by molar-refractivity contribution is 5.91. The lowest BCUT2D eigenvalue weighted by Crippen LogP contribution is -2.05. The molecule has 0 bridgehead atoms. The monoisotopic (exact) mass is 252 g/mol. The summed E-state index contributed by atoms with van der Waals surface area (Å²) in [5.41, 5.74) is 0. The zero-order valence-corrected chi connectivity index (χ0v) is 10.6. The number of hydrogen-bond donors (Lipinski definition) is 2. The quantitative estimate of drug-likeness (QED) is 0.686. The molecule has 0 saturated heterocycles. The first-order chi connectivity index (χ1) is 9.43. The number of pyridine rings is 1. The number of nitrogens with one attached hydrogen (secondary N) is 2. The molecule has 0 aliphatic carbocycles. The third kappa shape index (κ3) is 2.73. The maximum atomic E-state index is 4.41. The Kier molecular flexibility index (Phi) is 3.40. The molecule has 4 heteroatoms. The van der Waals surface area contributed by atoms with Gasteiger partial charge in [0.05, 0.1) is 0 Å². The second-order valence-corrected chi connectivity index (χ2v) is 4.45. The molecule has 1 aromatic carbocycles. The Bertz CT molecular complexity index is 641. The summed E-state index contributed by atoms with van der Waals surface area (Å²) in [6.45, 7) is 0.891. The first kappa shape index (κ1) is 11.7. The van der Waals surface area contributed by atoms with Crippen molar-refractivity contribution >= 4 is 16.6 Å². The standard InChI is InChI=1S/C15H16N4/c1-2-5-13-12(4-1)7-9-19-15(13)18-8-3-6-14-16-10-11-17-14/h1-2,4-5,7,9-11H,3,6,8H2,(H,16,17)(H,18,19). The smallest absolute Gasteiger partial charge is 0.133 e. The Balaban J connectivity index is 1.62. The molecule has 0 spiro atoms. The normalized spacial score (nSPS) is 10.7. The zero-order valence-electron chi connectivity index (χ0n) is 10.6. The van der Waals surface area contributed by atoms with E-state index in [9.17, 15) is 0 Å². The van der Waals surface area contributed by atoms with Crippen LogP contribution in [0.3, 0.4) is 0 Å². The van der Waals surface area contributed by atoms with Crippen LogP contribution in [0.1, 0.15) is 12.2 Å². The number of anilines is 1. The number of H-pyrrole nitrogens is 1. The number of hydrogen-bond acceptors (Lipinski definition) is 3. The average molecular weight is 252 g/mol. The van der Waals surface area contributed by atoms with Crippen molar-refractivity contribution in [2.45, 2.75) is 12.8 Å². The minimum absolute atomic E-state index is 0.891. The third-order valence-corrected chi connectivity index (χ3v) is 3.11. The number of imidazole rings is 1. The van der Waals surface area contributed by atoms with Crippen LogP contribution < -0.4 is 5.32 Å². The fourth-order valence-electron chi connectivity index (χ4n) is 2.16. The van der Waals surface area contributed by atoms with Crippen molar-refractivity contribution in [1.29, 1.82) is 0 Å². The van der Waals surface area contributed by atoms with Crippen molar-refractivity contribution in [2.75, 3.05) is 11.9 Å². The van der Waals surface area contributed by atoms with E-state index in [1.807, 2.05) is 30.6 Å². The molecule has 2 heterocycles. The highest BCUT2D eigenvalue weighted by atomic mass is 15.0. The lowest BCUT2D eigenvalue weighted by Gasteiger charge is -2.08. The summed E-state index contributed by atoms with van der Waals surface area (Å²) in [7, 11) is 0. The molecule has 3 rings (SSSR count). The van der Waals surface area contributed by atoms with E-state index in [0.29, 0.717) is 0 Å². The minimum atomic E-state index is 0.891. The average Bonchev–Trinajstić information content (AvgIpc) is 2.97. The zero-order chi connectivity index (χ0) is 12.9. The van der Waals surface area contributed by atoms with Crippen LogP contribution in [-0.2, 0) is 6.42 Å². The number of aromatic amines is 1. The fourth-order valence-corrected chi connectivity index (χ4v) is 2.16. The summed E-state index contributed by atoms with van der Waals surface area (Å²) in [6.07, 6.45) is 7.46. The number of aryl methyl sites for hydroxylation is 1. The number of benzene rings is 1. The van der Waals surface area contributed by atoms with Crippen LogP contribution in [0.25, 0.3) is 10.8 Å². The van der Waals surface area contributed by atoms with Crippen LogP contribution >= 0.6 is 0 Å². The van der Waals surface area contributed by atoms with Gasteiger partial charge >= 0.3 is 0 Å². The van der Waals surface area contributed by atoms with Gasteiger partial charge in [0.25, 0.3) is 0 Å². The molecule has 0 aliphatic heterocycles. The summed E-state index contributed by atoms with van der Waals surface area (Å²) in [5, 5.41) is 5.78. The van der Waals surface area contributed by atoms with E-state index >= 15 is 0 Å². The van der Waals surface area contributed by atoms with Crippen LogP contribution in [0.5, 0.6) is 0 Å². The predicted octanol–water partition coefficient (Wildman–Crippen LogP) is 3.00. The molecule has 0 radical (unpaired) electrons. The van der Waals surface area contributed by atoms with Gasteiger partial charge in [0.1, 0.15) is 11.6 Å². The molecule has 2 aromatic heterocycles. The Morgan fingerprint density at radius 1 is 1.05 bits per heavy atom. The second-order valence-electron chi connectivity index (χ2n) is 4.45. The van der Waals surface area contributed by atoms with Crippen molar-refractivity contribution in [2.24, 2.45) is 0 Å². The fraction of sp³-hybridized carbons (Fsp3) is 0.200. The first-order valence-corrected chi connectivity index (χ1v) is 6.49. The second kappa shape index (κ2) is 5.52. The lowest BCUT2D eigenvalue weighted by molar-refractivity contribution is 0.815. The molecule has 0 amide bonds. The summed E-state index contributed by atoms with van der Waals surface area (Å²) >= 11 is 0. The maximum absolute atomic E-state index is 4.41. The van der Waals surface area contributed by atoms with Crippen LogP contribution in [0, 0.1) is 0 Å². The van der Waals surface area contributed by atoms with Gasteiger partial charge in [-0.15, -0.1) is 0 Å². The van der Waals surface area contributed by atoms with Crippen LogP contribution in [0.15, 0.2) is 48.9 Å². The van der Waals surface area contributed by atoms with Crippen LogP contribution in [-0.4, -0.2) is 21.5 Å². The van der Waals surface area contributed by atoms with Gasteiger partial charge in [-0.1, -0.05) is 24.3 Å². The number of fused-ring (bicyclic) bond motifs is 1. The van der Waals surface area contributed by atoms with Gasteiger partial charge < -0.3 is 10.3 Å². The van der Waals surface area contributed by atoms with E-state index in [1.54, 1.807) is 6.20 Å². The highest BCUT2D eigenvalue weighted by Crippen LogP contribution is 2.20. The SMILES string of the molecule is c1ccc2c(NCCCc3ncc[nH]3)nccc2c1. The summed E-state index contributed by atoms with van der Waals surface area (Å²) < 4.78 is 0. The van der Waals surface area contributed by atoms with E-state index in [-0.39, 0.29) is 0 Å². The summed E-state index contributed by atoms with van der Waals surface area (Å²) in [6, 6.07) is 10.3. The van der Waals surface area contributed by atoms with E-state index < -0.39 is 0 Å². The molecular weight excluding hydrogens is 236 g/mol. The van der Waals surface area contributed by atoms with Gasteiger partial charge in [-0.05, 0) is 17.9 Å². The van der Waals surface area contributed by atoms with Crippen molar-refractivity contribution in [3.63, 3.8) is 0 Å². The molecule has 0 saturated carbocycles. The van der Waals surface area contributed by atoms with Gasteiger partial charge in [0, 0.05) is 36.9 Å². The molecule has 0 atom stereocenters. The summed E-state index contributed by atoms with van der Waals surface area (Å²) in [5.74, 6) is 1.99. The van der Waals surface area contributed by atoms with E-state index in [0.717, 1.165) is 31.0 Å². The molecule has 2 N–H and O–H groups in total. The Hall–Kier alpha value is -2.36. The molecule has 0 unspecified atom stereocenters. The van der Waals surface area contributed by atoms with Crippen LogP contribution in [0.2, 0.25) is 0 Å². The number of rotatable bonds is 5. The van der Waals surface area contributed by atoms with E-state index in [1.165, 1.54) is 10.8 Å². The number of aromatic nitrogens is 3. The minimum Gasteiger partial charge on any atom is -0.370 e. The molecular formula is C15H16N4. The van der Waals surface area contributed by atoms with Crippen molar-refractivity contribution in [3.05, 3.63) is 54.7 Å². The lowest BCUT2D eigenvalue weighted by atomic mass is 10.1. The summed E-state index contributed by atoms with van der Waals surface area (Å²) in [4.78, 5) is 11.7. The van der Waals surface area contributed by atoms with Crippen molar-refractivity contribution in [3.8, 4) is 0 Å². The molecule has 0 fully saturated rings. The van der Waals surface area contributed by atoms with Gasteiger partial charge in [0.15, 0.2) is 0 Å². The van der Waals surface area contributed by atoms with E-state index in [2.05, 4.69) is 32.4 Å². The van der Waals surface area contributed by atoms with Gasteiger partial charge in [-0.2, -0.15) is 0 Å². The Morgan fingerprint density at radius 2 is 2.00 bits per heavy atom. The first-order valence-electron chi connectivity index (χ1n) is 6.49. The molecule has 3 aromatic rings. The van der Waals surface area contributed by atoms with Crippen molar-refractivity contribution < 1.29 is 0 Å². The molecule has 0 aliphatic rings. The Labute approximate surface area is 111 Å².